The topological polar surface area (TPSA) is 29.3 Å². The maximum absolute atomic E-state index is 5.85. The number of piperidine rings is 2. The van der Waals surface area contributed by atoms with E-state index in [0.29, 0.717) is 0 Å². The third-order valence-corrected chi connectivity index (χ3v) is 4.72. The molecule has 3 rings (SSSR count). The van der Waals surface area contributed by atoms with Crippen LogP contribution >= 0.6 is 0 Å². The van der Waals surface area contributed by atoms with E-state index in [1.54, 1.807) is 0 Å². The Hall–Kier alpha value is -0.0800. The van der Waals surface area contributed by atoms with E-state index in [0.717, 1.165) is 30.5 Å². The van der Waals surface area contributed by atoms with Crippen molar-refractivity contribution >= 4 is 0 Å². The minimum Gasteiger partial charge on any atom is -0.330 e. The summed E-state index contributed by atoms with van der Waals surface area (Å²) in [6, 6.07) is 1.79. The van der Waals surface area contributed by atoms with Gasteiger partial charge in [0.2, 0.25) is 0 Å². The second-order valence-electron chi connectivity index (χ2n) is 5.95. The van der Waals surface area contributed by atoms with Crippen LogP contribution in [0.2, 0.25) is 0 Å². The number of nitrogens with zero attached hydrogens (tertiary/aromatic N) is 1. The van der Waals surface area contributed by atoms with Crippen molar-refractivity contribution in [3.05, 3.63) is 0 Å². The summed E-state index contributed by atoms with van der Waals surface area (Å²) in [6.45, 7) is 2.33. The van der Waals surface area contributed by atoms with E-state index >= 15 is 0 Å². The summed E-state index contributed by atoms with van der Waals surface area (Å²) in [5.41, 5.74) is 5.85. The van der Waals surface area contributed by atoms with Gasteiger partial charge in [-0.2, -0.15) is 0 Å². The highest BCUT2D eigenvalue weighted by molar-refractivity contribution is 4.94. The first kappa shape index (κ1) is 10.1. The van der Waals surface area contributed by atoms with Crippen molar-refractivity contribution in [1.82, 2.24) is 4.90 Å². The van der Waals surface area contributed by atoms with Gasteiger partial charge in [0.15, 0.2) is 0 Å². The van der Waals surface area contributed by atoms with Crippen molar-refractivity contribution in [2.75, 3.05) is 13.1 Å². The van der Waals surface area contributed by atoms with Crippen molar-refractivity contribution < 1.29 is 0 Å². The van der Waals surface area contributed by atoms with Gasteiger partial charge in [-0.1, -0.05) is 6.42 Å². The first-order valence-electron chi connectivity index (χ1n) is 6.82. The molecule has 0 aromatic heterocycles. The standard InChI is InChI=1S/C13H24N2/c14-8-11-6-12-2-1-3-13(7-11)15(12)9-10-4-5-10/h10-13H,1-9,14H2. The number of hydrogen-bond donors (Lipinski definition) is 1. The molecule has 0 aromatic carbocycles. The molecular weight excluding hydrogens is 184 g/mol. The number of rotatable bonds is 3. The lowest BCUT2D eigenvalue weighted by Gasteiger charge is -2.49. The van der Waals surface area contributed by atoms with Crippen LogP contribution in [0, 0.1) is 11.8 Å². The molecule has 15 heavy (non-hydrogen) atoms. The molecule has 0 aromatic rings. The largest absolute Gasteiger partial charge is 0.330 e. The van der Waals surface area contributed by atoms with E-state index in [1.165, 1.54) is 51.5 Å². The fourth-order valence-corrected chi connectivity index (χ4v) is 3.68. The smallest absolute Gasteiger partial charge is 0.0101 e. The van der Waals surface area contributed by atoms with E-state index in [-0.39, 0.29) is 0 Å². The van der Waals surface area contributed by atoms with E-state index in [1.807, 2.05) is 0 Å². The highest BCUT2D eigenvalue weighted by Gasteiger charge is 2.39. The molecule has 2 unspecified atom stereocenters. The molecule has 2 saturated heterocycles. The predicted molar refractivity (Wildman–Crippen MR) is 62.6 cm³/mol. The Labute approximate surface area is 93.2 Å². The molecule has 86 valence electrons. The Morgan fingerprint density at radius 3 is 2.13 bits per heavy atom. The van der Waals surface area contributed by atoms with Crippen LogP contribution in [0.5, 0.6) is 0 Å². The molecule has 3 aliphatic rings. The normalized spacial score (nSPS) is 41.8. The van der Waals surface area contributed by atoms with Crippen LogP contribution in [0.4, 0.5) is 0 Å². The lowest BCUT2D eigenvalue weighted by Crippen LogP contribution is -2.53. The van der Waals surface area contributed by atoms with Gasteiger partial charge in [-0.05, 0) is 56.9 Å². The molecule has 3 fully saturated rings. The molecule has 0 amide bonds. The Kier molecular flexibility index (Phi) is 2.73. The molecule has 2 heterocycles. The minimum atomic E-state index is 0.829. The minimum absolute atomic E-state index is 0.829. The van der Waals surface area contributed by atoms with E-state index in [4.69, 9.17) is 5.73 Å². The van der Waals surface area contributed by atoms with Gasteiger partial charge in [-0.3, -0.25) is 4.90 Å². The monoisotopic (exact) mass is 208 g/mol. The summed E-state index contributed by atoms with van der Waals surface area (Å²) in [4.78, 5) is 2.85. The fraction of sp³-hybridized carbons (Fsp3) is 1.00. The van der Waals surface area contributed by atoms with Crippen LogP contribution in [-0.4, -0.2) is 30.1 Å². The van der Waals surface area contributed by atoms with Crippen LogP contribution in [0.1, 0.15) is 44.9 Å². The second kappa shape index (κ2) is 4.06. The maximum atomic E-state index is 5.85. The zero-order valence-corrected chi connectivity index (χ0v) is 9.70. The van der Waals surface area contributed by atoms with Crippen LogP contribution < -0.4 is 5.73 Å². The Morgan fingerprint density at radius 1 is 0.933 bits per heavy atom. The average Bonchev–Trinajstić information content (AvgIpc) is 3.01. The quantitative estimate of drug-likeness (QED) is 0.768. The summed E-state index contributed by atoms with van der Waals surface area (Å²) < 4.78 is 0. The van der Waals surface area contributed by atoms with Crippen molar-refractivity contribution in [3.63, 3.8) is 0 Å². The zero-order valence-electron chi connectivity index (χ0n) is 9.70. The second-order valence-corrected chi connectivity index (χ2v) is 5.95. The van der Waals surface area contributed by atoms with Gasteiger partial charge in [-0.25, -0.2) is 0 Å². The van der Waals surface area contributed by atoms with Gasteiger partial charge in [0, 0.05) is 18.6 Å². The van der Waals surface area contributed by atoms with Gasteiger partial charge >= 0.3 is 0 Å². The molecule has 0 radical (unpaired) electrons. The van der Waals surface area contributed by atoms with Crippen LogP contribution in [0.3, 0.4) is 0 Å². The molecule has 2 N–H and O–H groups in total. The Bertz CT molecular complexity index is 211. The lowest BCUT2D eigenvalue weighted by atomic mass is 9.78. The summed E-state index contributed by atoms with van der Waals surface area (Å²) in [5.74, 6) is 1.89. The SMILES string of the molecule is NCC1CC2CCCC(C1)N2CC1CC1. The van der Waals surface area contributed by atoms with Crippen LogP contribution in [-0.2, 0) is 0 Å². The lowest BCUT2D eigenvalue weighted by molar-refractivity contribution is 0.0121. The first-order chi connectivity index (χ1) is 7.36. The number of hydrogen-bond acceptors (Lipinski definition) is 2. The molecule has 2 aliphatic heterocycles. The molecule has 2 bridgehead atoms. The van der Waals surface area contributed by atoms with Gasteiger partial charge in [0.25, 0.3) is 0 Å². The van der Waals surface area contributed by atoms with Crippen molar-refractivity contribution in [1.29, 1.82) is 0 Å². The van der Waals surface area contributed by atoms with Crippen molar-refractivity contribution in [2.24, 2.45) is 17.6 Å². The average molecular weight is 208 g/mol. The molecule has 1 aliphatic carbocycles. The maximum Gasteiger partial charge on any atom is 0.0101 e. The third-order valence-electron chi connectivity index (χ3n) is 4.72. The first-order valence-corrected chi connectivity index (χ1v) is 6.82. The van der Waals surface area contributed by atoms with Crippen LogP contribution in [0.25, 0.3) is 0 Å². The van der Waals surface area contributed by atoms with Gasteiger partial charge in [0.1, 0.15) is 0 Å². The predicted octanol–water partition coefficient (Wildman–Crippen LogP) is 1.99. The molecule has 2 nitrogen and oxygen atoms in total. The summed E-state index contributed by atoms with van der Waals surface area (Å²) in [5, 5.41) is 0. The summed E-state index contributed by atoms with van der Waals surface area (Å²) in [6.07, 6.45) is 10.1. The van der Waals surface area contributed by atoms with Crippen LogP contribution in [0.15, 0.2) is 0 Å². The molecule has 1 saturated carbocycles. The fourth-order valence-electron chi connectivity index (χ4n) is 3.68. The number of nitrogens with two attached hydrogens (primary N) is 1. The van der Waals surface area contributed by atoms with E-state index < -0.39 is 0 Å². The Morgan fingerprint density at radius 2 is 1.60 bits per heavy atom. The number of fused-ring (bicyclic) bond motifs is 2. The van der Waals surface area contributed by atoms with Gasteiger partial charge in [-0.15, -0.1) is 0 Å². The molecule has 2 atom stereocenters. The third kappa shape index (κ3) is 2.07. The summed E-state index contributed by atoms with van der Waals surface area (Å²) >= 11 is 0. The van der Waals surface area contributed by atoms with Gasteiger partial charge in [0.05, 0.1) is 0 Å². The highest BCUT2D eigenvalue weighted by atomic mass is 15.2. The molecule has 2 heteroatoms. The van der Waals surface area contributed by atoms with E-state index in [9.17, 15) is 0 Å². The Balaban J connectivity index is 1.66. The van der Waals surface area contributed by atoms with Crippen molar-refractivity contribution in [3.8, 4) is 0 Å². The molecular formula is C13H24N2. The van der Waals surface area contributed by atoms with Crippen molar-refractivity contribution in [2.45, 2.75) is 57.0 Å². The summed E-state index contributed by atoms with van der Waals surface area (Å²) in [7, 11) is 0. The van der Waals surface area contributed by atoms with E-state index in [2.05, 4.69) is 4.90 Å². The highest BCUT2D eigenvalue weighted by Crippen LogP contribution is 2.40. The van der Waals surface area contributed by atoms with Gasteiger partial charge < -0.3 is 5.73 Å². The zero-order chi connectivity index (χ0) is 10.3. The molecule has 0 spiro atoms.